The third-order valence-electron chi connectivity index (χ3n) is 3.01. The molecule has 0 bridgehead atoms. The lowest BCUT2D eigenvalue weighted by Crippen LogP contribution is -2.47. The second-order valence-corrected chi connectivity index (χ2v) is 5.50. The standard InChI is InChI=1S/C14H19NO3S/c1-3-10(8-17-2)15-14(16)12-9-19-13-7-5-4-6-11(13)18-12/h4-7,10,12H,3,8-9H2,1-2H3,(H,15,16)/t10-,12-/m0/s1. The van der Waals surface area contributed by atoms with Crippen molar-refractivity contribution in [3.05, 3.63) is 24.3 Å². The summed E-state index contributed by atoms with van der Waals surface area (Å²) in [4.78, 5) is 13.2. The van der Waals surface area contributed by atoms with Crippen LogP contribution < -0.4 is 10.1 Å². The van der Waals surface area contributed by atoms with Gasteiger partial charge in [-0.25, -0.2) is 0 Å². The second-order valence-electron chi connectivity index (χ2n) is 4.43. The zero-order valence-electron chi connectivity index (χ0n) is 11.2. The smallest absolute Gasteiger partial charge is 0.262 e. The van der Waals surface area contributed by atoms with E-state index in [1.807, 2.05) is 31.2 Å². The van der Waals surface area contributed by atoms with E-state index < -0.39 is 6.10 Å². The van der Waals surface area contributed by atoms with Gasteiger partial charge in [0.2, 0.25) is 0 Å². The number of ether oxygens (including phenoxy) is 2. The predicted molar refractivity (Wildman–Crippen MR) is 75.7 cm³/mol. The Morgan fingerprint density at radius 3 is 3.11 bits per heavy atom. The van der Waals surface area contributed by atoms with Crippen LogP contribution in [0.1, 0.15) is 13.3 Å². The number of rotatable bonds is 5. The number of hydrogen-bond donors (Lipinski definition) is 1. The Balaban J connectivity index is 1.95. The maximum absolute atomic E-state index is 12.1. The van der Waals surface area contributed by atoms with Gasteiger partial charge in [-0.3, -0.25) is 4.79 Å². The number of methoxy groups -OCH3 is 1. The van der Waals surface area contributed by atoms with E-state index in [4.69, 9.17) is 9.47 Å². The number of amides is 1. The van der Waals surface area contributed by atoms with Gasteiger partial charge < -0.3 is 14.8 Å². The monoisotopic (exact) mass is 281 g/mol. The summed E-state index contributed by atoms with van der Waals surface area (Å²) < 4.78 is 10.8. The number of fused-ring (bicyclic) bond motifs is 1. The minimum Gasteiger partial charge on any atom is -0.479 e. The number of benzene rings is 1. The van der Waals surface area contributed by atoms with Crippen molar-refractivity contribution < 1.29 is 14.3 Å². The molecule has 0 unspecified atom stereocenters. The highest BCUT2D eigenvalue weighted by Crippen LogP contribution is 2.34. The summed E-state index contributed by atoms with van der Waals surface area (Å²) in [6.07, 6.45) is 0.418. The van der Waals surface area contributed by atoms with E-state index >= 15 is 0 Å². The minimum absolute atomic E-state index is 0.0447. The van der Waals surface area contributed by atoms with Crippen LogP contribution in [0.4, 0.5) is 0 Å². The van der Waals surface area contributed by atoms with Gasteiger partial charge in [-0.1, -0.05) is 19.1 Å². The van der Waals surface area contributed by atoms with Crippen molar-refractivity contribution in [1.29, 1.82) is 0 Å². The molecule has 2 atom stereocenters. The van der Waals surface area contributed by atoms with Gasteiger partial charge in [-0.2, -0.15) is 0 Å². The first kappa shape index (κ1) is 14.2. The van der Waals surface area contributed by atoms with Crippen LogP contribution in [-0.2, 0) is 9.53 Å². The molecule has 4 nitrogen and oxygen atoms in total. The first-order valence-corrected chi connectivity index (χ1v) is 7.41. The van der Waals surface area contributed by atoms with Crippen LogP contribution in [-0.4, -0.2) is 37.5 Å². The lowest BCUT2D eigenvalue weighted by atomic mass is 10.2. The molecule has 5 heteroatoms. The molecule has 0 saturated heterocycles. The van der Waals surface area contributed by atoms with Crippen LogP contribution in [0.5, 0.6) is 5.75 Å². The van der Waals surface area contributed by atoms with Crippen molar-refractivity contribution in [2.45, 2.75) is 30.4 Å². The van der Waals surface area contributed by atoms with Crippen LogP contribution in [0.3, 0.4) is 0 Å². The Bertz CT molecular complexity index is 438. The summed E-state index contributed by atoms with van der Waals surface area (Å²) >= 11 is 1.66. The number of carbonyl (C=O) groups is 1. The lowest BCUT2D eigenvalue weighted by Gasteiger charge is -2.26. The first-order chi connectivity index (χ1) is 9.24. The molecule has 1 amide bonds. The molecule has 0 radical (unpaired) electrons. The van der Waals surface area contributed by atoms with Crippen LogP contribution in [0.2, 0.25) is 0 Å². The van der Waals surface area contributed by atoms with Crippen LogP contribution in [0.15, 0.2) is 29.2 Å². The van der Waals surface area contributed by atoms with Crippen molar-refractivity contribution >= 4 is 17.7 Å². The average Bonchev–Trinajstić information content (AvgIpc) is 2.46. The molecule has 1 aliphatic heterocycles. The molecule has 19 heavy (non-hydrogen) atoms. The zero-order chi connectivity index (χ0) is 13.7. The van der Waals surface area contributed by atoms with Gasteiger partial charge >= 0.3 is 0 Å². The predicted octanol–water partition coefficient (Wildman–Crippen LogP) is 2.08. The Hall–Kier alpha value is -1.20. The third-order valence-corrected chi connectivity index (χ3v) is 4.13. The molecule has 1 aliphatic rings. The third kappa shape index (κ3) is 3.64. The number of nitrogens with one attached hydrogen (secondary N) is 1. The van der Waals surface area contributed by atoms with Crippen molar-refractivity contribution in [2.24, 2.45) is 0 Å². The molecule has 0 saturated carbocycles. The summed E-state index contributed by atoms with van der Waals surface area (Å²) in [6, 6.07) is 7.84. The summed E-state index contributed by atoms with van der Waals surface area (Å²) in [5, 5.41) is 2.97. The number of thioether (sulfide) groups is 1. The van der Waals surface area contributed by atoms with Crippen molar-refractivity contribution in [3.63, 3.8) is 0 Å². The molecule has 1 aromatic rings. The van der Waals surface area contributed by atoms with E-state index in [0.29, 0.717) is 12.4 Å². The fraction of sp³-hybridized carbons (Fsp3) is 0.500. The summed E-state index contributed by atoms with van der Waals surface area (Å²) in [7, 11) is 1.64. The van der Waals surface area contributed by atoms with E-state index in [2.05, 4.69) is 5.32 Å². The Morgan fingerprint density at radius 2 is 2.37 bits per heavy atom. The normalized spacial score (nSPS) is 19.2. The van der Waals surface area contributed by atoms with Crippen LogP contribution in [0.25, 0.3) is 0 Å². The molecule has 0 fully saturated rings. The fourth-order valence-corrected chi connectivity index (χ4v) is 2.89. The number of carbonyl (C=O) groups excluding carboxylic acids is 1. The SMILES string of the molecule is CC[C@@H](COC)NC(=O)[C@@H]1CSc2ccccc2O1. The fourth-order valence-electron chi connectivity index (χ4n) is 1.91. The van der Waals surface area contributed by atoms with Crippen molar-refractivity contribution in [1.82, 2.24) is 5.32 Å². The lowest BCUT2D eigenvalue weighted by molar-refractivity contribution is -0.128. The Morgan fingerprint density at radius 1 is 1.58 bits per heavy atom. The number of hydrogen-bond acceptors (Lipinski definition) is 4. The maximum Gasteiger partial charge on any atom is 0.262 e. The second kappa shape index (κ2) is 6.82. The zero-order valence-corrected chi connectivity index (χ0v) is 12.0. The molecule has 1 N–H and O–H groups in total. The van der Waals surface area contributed by atoms with Crippen molar-refractivity contribution in [2.75, 3.05) is 19.5 Å². The first-order valence-electron chi connectivity index (χ1n) is 6.42. The Kier molecular flexibility index (Phi) is 5.10. The minimum atomic E-state index is -0.425. The van der Waals surface area contributed by atoms with E-state index in [9.17, 15) is 4.79 Å². The molecule has 0 aromatic heterocycles. The van der Waals surface area contributed by atoms with Gasteiger partial charge in [-0.15, -0.1) is 11.8 Å². The summed E-state index contributed by atoms with van der Waals surface area (Å²) in [5.41, 5.74) is 0. The topological polar surface area (TPSA) is 47.6 Å². The van der Waals surface area contributed by atoms with Gasteiger partial charge in [-0.05, 0) is 18.6 Å². The molecule has 1 aromatic carbocycles. The maximum atomic E-state index is 12.1. The average molecular weight is 281 g/mol. The molecule has 1 heterocycles. The Labute approximate surface area is 117 Å². The molecule has 2 rings (SSSR count). The van der Waals surface area contributed by atoms with Crippen LogP contribution >= 0.6 is 11.8 Å². The van der Waals surface area contributed by atoms with Crippen LogP contribution in [0, 0.1) is 0 Å². The van der Waals surface area contributed by atoms with E-state index in [1.165, 1.54) is 0 Å². The summed E-state index contributed by atoms with van der Waals surface area (Å²) in [5.74, 6) is 1.37. The van der Waals surface area contributed by atoms with Crippen molar-refractivity contribution in [3.8, 4) is 5.75 Å². The quantitative estimate of drug-likeness (QED) is 0.897. The van der Waals surface area contributed by atoms with E-state index in [-0.39, 0.29) is 11.9 Å². The molecular weight excluding hydrogens is 262 g/mol. The van der Waals surface area contributed by atoms with Gasteiger partial charge in [0, 0.05) is 17.8 Å². The molecule has 104 valence electrons. The van der Waals surface area contributed by atoms with Gasteiger partial charge in [0.05, 0.1) is 12.6 Å². The number of para-hydroxylation sites is 1. The van der Waals surface area contributed by atoms with E-state index in [0.717, 1.165) is 17.1 Å². The molecule has 0 spiro atoms. The molecule has 0 aliphatic carbocycles. The highest BCUT2D eigenvalue weighted by atomic mass is 32.2. The van der Waals surface area contributed by atoms with E-state index in [1.54, 1.807) is 18.9 Å². The molecular formula is C14H19NO3S. The highest BCUT2D eigenvalue weighted by Gasteiger charge is 2.27. The summed E-state index contributed by atoms with van der Waals surface area (Å²) in [6.45, 7) is 2.55. The van der Waals surface area contributed by atoms with Gasteiger partial charge in [0.1, 0.15) is 5.75 Å². The van der Waals surface area contributed by atoms with Gasteiger partial charge in [0.15, 0.2) is 6.10 Å². The van der Waals surface area contributed by atoms with Gasteiger partial charge in [0.25, 0.3) is 5.91 Å². The largest absolute Gasteiger partial charge is 0.479 e. The highest BCUT2D eigenvalue weighted by molar-refractivity contribution is 7.99.